The number of nitrogens with zero attached hydrogens (tertiary/aromatic N) is 1. The molecule has 3 unspecified atom stereocenters. The number of amides is 1. The van der Waals surface area contributed by atoms with Crippen molar-refractivity contribution in [2.75, 3.05) is 13.7 Å². The third-order valence-corrected chi connectivity index (χ3v) is 7.24. The molecule has 0 radical (unpaired) electrons. The molecule has 1 saturated carbocycles. The minimum Gasteiger partial charge on any atom is -0.489 e. The van der Waals surface area contributed by atoms with Crippen molar-refractivity contribution in [3.05, 3.63) is 63.6 Å². The van der Waals surface area contributed by atoms with Crippen LogP contribution in [0.1, 0.15) is 43.2 Å². The summed E-state index contributed by atoms with van der Waals surface area (Å²) in [5.74, 6) is 1.22. The lowest BCUT2D eigenvalue weighted by atomic mass is 9.79. The first-order valence-electron chi connectivity index (χ1n) is 11.0. The second kappa shape index (κ2) is 10.2. The third-order valence-electron chi connectivity index (χ3n) is 6.57. The molecule has 2 fully saturated rings. The summed E-state index contributed by atoms with van der Waals surface area (Å²) >= 11 is 13.3. The number of methoxy groups -OCH3 is 1. The first-order valence-corrected chi connectivity index (χ1v) is 11.8. The molecule has 6 heteroatoms. The second-order valence-corrected chi connectivity index (χ2v) is 9.35. The number of carbonyl (C=O) groups excluding carboxylic acids is 1. The topological polar surface area (TPSA) is 38.8 Å². The van der Waals surface area contributed by atoms with E-state index in [0.717, 1.165) is 49.8 Å². The average Bonchev–Trinajstić information content (AvgIpc) is 3.21. The maximum absolute atomic E-state index is 12.2. The Morgan fingerprint density at radius 3 is 2.48 bits per heavy atom. The predicted octanol–water partition coefficient (Wildman–Crippen LogP) is 5.92. The molecule has 1 aliphatic carbocycles. The van der Waals surface area contributed by atoms with E-state index in [2.05, 4.69) is 4.90 Å². The van der Waals surface area contributed by atoms with E-state index in [4.69, 9.17) is 32.7 Å². The van der Waals surface area contributed by atoms with E-state index in [1.807, 2.05) is 42.5 Å². The highest BCUT2D eigenvalue weighted by Crippen LogP contribution is 2.38. The number of likely N-dealkylation sites (tertiary alicyclic amines) is 1. The molecule has 2 aliphatic rings. The summed E-state index contributed by atoms with van der Waals surface area (Å²) in [6, 6.07) is 14.0. The number of hydrogen-bond acceptors (Lipinski definition) is 3. The molecule has 1 saturated heterocycles. The Kier molecular flexibility index (Phi) is 7.42. The Balaban J connectivity index is 1.45. The van der Waals surface area contributed by atoms with E-state index >= 15 is 0 Å². The average molecular weight is 462 g/mol. The maximum atomic E-state index is 12.2. The highest BCUT2D eigenvalue weighted by atomic mass is 35.5. The van der Waals surface area contributed by atoms with Gasteiger partial charge in [-0.3, -0.25) is 4.79 Å². The molecule has 3 atom stereocenters. The van der Waals surface area contributed by atoms with Crippen molar-refractivity contribution in [2.45, 2.75) is 57.3 Å². The fourth-order valence-corrected chi connectivity index (χ4v) is 5.56. The zero-order chi connectivity index (χ0) is 21.8. The Labute approximate surface area is 194 Å². The van der Waals surface area contributed by atoms with Crippen LogP contribution in [0.2, 0.25) is 10.0 Å². The van der Waals surface area contributed by atoms with Crippen LogP contribution >= 0.6 is 23.2 Å². The van der Waals surface area contributed by atoms with Crippen molar-refractivity contribution >= 4 is 29.1 Å². The molecular weight excluding hydrogens is 433 g/mol. The molecule has 0 bridgehead atoms. The summed E-state index contributed by atoms with van der Waals surface area (Å²) in [5, 5.41) is 1.23. The van der Waals surface area contributed by atoms with Gasteiger partial charge in [0.15, 0.2) is 0 Å². The van der Waals surface area contributed by atoms with Gasteiger partial charge in [-0.15, -0.1) is 0 Å². The lowest BCUT2D eigenvalue weighted by Gasteiger charge is -2.39. The van der Waals surface area contributed by atoms with E-state index in [-0.39, 0.29) is 24.0 Å². The van der Waals surface area contributed by atoms with Gasteiger partial charge in [0.2, 0.25) is 5.91 Å². The van der Waals surface area contributed by atoms with Gasteiger partial charge >= 0.3 is 0 Å². The van der Waals surface area contributed by atoms with Crippen molar-refractivity contribution < 1.29 is 14.3 Å². The zero-order valence-electron chi connectivity index (χ0n) is 17.9. The highest BCUT2D eigenvalue weighted by Gasteiger charge is 2.37. The van der Waals surface area contributed by atoms with Crippen molar-refractivity contribution in [1.29, 1.82) is 0 Å². The van der Waals surface area contributed by atoms with E-state index in [1.165, 1.54) is 0 Å². The molecule has 0 aromatic heterocycles. The van der Waals surface area contributed by atoms with Crippen LogP contribution in [0.3, 0.4) is 0 Å². The van der Waals surface area contributed by atoms with Crippen molar-refractivity contribution in [3.63, 3.8) is 0 Å². The van der Waals surface area contributed by atoms with Gasteiger partial charge in [-0.25, -0.2) is 0 Å². The number of halogens is 2. The second-order valence-electron chi connectivity index (χ2n) is 8.54. The standard InChI is InChI=1S/C25H29Cl2NO3/c1-30-24-10-9-19(28-11-5-8-25(28)29)12-18(24)13-21-22(26)14-20(15-23(21)27)31-16-17-6-3-2-4-7-17/h2-4,6-7,14-15,18-19,24H,5,8-13,16H2,1H3. The first-order chi connectivity index (χ1) is 15.0. The molecule has 4 nitrogen and oxygen atoms in total. The van der Waals surface area contributed by atoms with Crippen molar-refractivity contribution in [3.8, 4) is 5.75 Å². The zero-order valence-corrected chi connectivity index (χ0v) is 19.4. The summed E-state index contributed by atoms with van der Waals surface area (Å²) in [5.41, 5.74) is 2.02. The van der Waals surface area contributed by atoms with Crippen molar-refractivity contribution in [2.24, 2.45) is 5.92 Å². The summed E-state index contributed by atoms with van der Waals surface area (Å²) in [6.07, 6.45) is 5.39. The largest absolute Gasteiger partial charge is 0.489 e. The Morgan fingerprint density at radius 2 is 1.84 bits per heavy atom. The van der Waals surface area contributed by atoms with Gasteiger partial charge in [-0.1, -0.05) is 53.5 Å². The molecule has 31 heavy (non-hydrogen) atoms. The number of hydrogen-bond donors (Lipinski definition) is 0. The van der Waals surface area contributed by atoms with Gasteiger partial charge in [0, 0.05) is 36.2 Å². The van der Waals surface area contributed by atoms with Gasteiger partial charge < -0.3 is 14.4 Å². The van der Waals surface area contributed by atoms with Gasteiger partial charge in [0.1, 0.15) is 12.4 Å². The quantitative estimate of drug-likeness (QED) is 0.513. The van der Waals surface area contributed by atoms with E-state index in [1.54, 1.807) is 7.11 Å². The lowest BCUT2D eigenvalue weighted by molar-refractivity contribution is -0.131. The smallest absolute Gasteiger partial charge is 0.222 e. The molecule has 0 spiro atoms. The normalized spacial score (nSPS) is 23.9. The molecule has 1 heterocycles. The van der Waals surface area contributed by atoms with Crippen LogP contribution in [0.15, 0.2) is 42.5 Å². The van der Waals surface area contributed by atoms with E-state index in [9.17, 15) is 4.79 Å². The molecule has 0 N–H and O–H groups in total. The first kappa shape index (κ1) is 22.4. The number of carbonyl (C=O) groups is 1. The molecule has 2 aromatic carbocycles. The molecule has 4 rings (SSSR count). The van der Waals surface area contributed by atoms with Gasteiger partial charge in [0.05, 0.1) is 6.10 Å². The fraction of sp³-hybridized carbons (Fsp3) is 0.480. The number of benzene rings is 2. The summed E-state index contributed by atoms with van der Waals surface area (Å²) in [7, 11) is 1.77. The minimum absolute atomic E-state index is 0.148. The minimum atomic E-state index is 0.148. The Morgan fingerprint density at radius 1 is 1.10 bits per heavy atom. The van der Waals surface area contributed by atoms with Crippen LogP contribution < -0.4 is 4.74 Å². The Bertz CT molecular complexity index is 882. The number of ether oxygens (including phenoxy) is 2. The van der Waals surface area contributed by atoms with Gasteiger partial charge in [0.25, 0.3) is 0 Å². The van der Waals surface area contributed by atoms with E-state index in [0.29, 0.717) is 28.8 Å². The lowest BCUT2D eigenvalue weighted by Crippen LogP contribution is -2.44. The molecule has 1 amide bonds. The van der Waals surface area contributed by atoms with Crippen molar-refractivity contribution in [1.82, 2.24) is 4.90 Å². The van der Waals surface area contributed by atoms with Crippen LogP contribution in [-0.4, -0.2) is 36.6 Å². The molecule has 1 aliphatic heterocycles. The SMILES string of the molecule is COC1CCC(N2CCCC2=O)CC1Cc1c(Cl)cc(OCc2ccccc2)cc1Cl. The molecule has 2 aromatic rings. The number of rotatable bonds is 7. The summed E-state index contributed by atoms with van der Waals surface area (Å²) < 4.78 is 11.7. The van der Waals surface area contributed by atoms with Crippen LogP contribution in [0.25, 0.3) is 0 Å². The third kappa shape index (κ3) is 5.36. The maximum Gasteiger partial charge on any atom is 0.222 e. The molecule has 166 valence electrons. The summed E-state index contributed by atoms with van der Waals surface area (Å²) in [6.45, 7) is 1.34. The van der Waals surface area contributed by atoms with Crippen LogP contribution in [0, 0.1) is 5.92 Å². The van der Waals surface area contributed by atoms with Gasteiger partial charge in [-0.2, -0.15) is 0 Å². The Hall–Kier alpha value is -1.75. The predicted molar refractivity (Wildman–Crippen MR) is 124 cm³/mol. The fourth-order valence-electron chi connectivity index (χ4n) is 4.94. The van der Waals surface area contributed by atoms with Crippen LogP contribution in [-0.2, 0) is 22.6 Å². The van der Waals surface area contributed by atoms with Gasteiger partial charge in [-0.05, 0) is 61.3 Å². The van der Waals surface area contributed by atoms with Crippen LogP contribution in [0.4, 0.5) is 0 Å². The van der Waals surface area contributed by atoms with E-state index < -0.39 is 0 Å². The summed E-state index contributed by atoms with van der Waals surface area (Å²) in [4.78, 5) is 14.3. The highest BCUT2D eigenvalue weighted by molar-refractivity contribution is 6.36. The monoisotopic (exact) mass is 461 g/mol. The molecular formula is C25H29Cl2NO3. The van der Waals surface area contributed by atoms with Crippen LogP contribution in [0.5, 0.6) is 5.75 Å².